The van der Waals surface area contributed by atoms with Crippen molar-refractivity contribution in [3.05, 3.63) is 54.1 Å². The van der Waals surface area contributed by atoms with Crippen molar-refractivity contribution >= 4 is 0 Å². The first-order valence-corrected chi connectivity index (χ1v) is 6.73. The summed E-state index contributed by atoms with van der Waals surface area (Å²) in [5.41, 5.74) is 3.63. The van der Waals surface area contributed by atoms with E-state index < -0.39 is 0 Å². The van der Waals surface area contributed by atoms with Crippen molar-refractivity contribution in [1.29, 1.82) is 0 Å². The Morgan fingerprint density at radius 2 is 1.89 bits per heavy atom. The fourth-order valence-corrected chi connectivity index (χ4v) is 2.28. The van der Waals surface area contributed by atoms with E-state index in [1.54, 1.807) is 7.11 Å². The summed E-state index contributed by atoms with van der Waals surface area (Å²) in [7, 11) is 1.71. The van der Waals surface area contributed by atoms with Gasteiger partial charge in [-0.3, -0.25) is 0 Å². The second-order valence-electron chi connectivity index (χ2n) is 4.61. The zero-order valence-corrected chi connectivity index (χ0v) is 11.8. The van der Waals surface area contributed by atoms with Gasteiger partial charge in [0.25, 0.3) is 0 Å². The fourth-order valence-electron chi connectivity index (χ4n) is 2.28. The highest BCUT2D eigenvalue weighted by atomic mass is 16.5. The lowest BCUT2D eigenvalue weighted by Crippen LogP contribution is -2.17. The minimum Gasteiger partial charge on any atom is -0.496 e. The molecule has 0 aliphatic carbocycles. The van der Waals surface area contributed by atoms with Crippen molar-refractivity contribution in [2.75, 3.05) is 13.7 Å². The van der Waals surface area contributed by atoms with Gasteiger partial charge in [0.2, 0.25) is 0 Å². The van der Waals surface area contributed by atoms with E-state index in [1.165, 1.54) is 11.1 Å². The van der Waals surface area contributed by atoms with Crippen LogP contribution in [0.2, 0.25) is 0 Å². The molecule has 0 aliphatic rings. The van der Waals surface area contributed by atoms with Gasteiger partial charge in [0.15, 0.2) is 0 Å². The lowest BCUT2D eigenvalue weighted by atomic mass is 9.99. The molecule has 0 saturated heterocycles. The SMILES string of the molecule is CCNC(C)c1cccc(-c2ccccc2OC)c1. The Morgan fingerprint density at radius 1 is 1.11 bits per heavy atom. The zero-order chi connectivity index (χ0) is 13.7. The van der Waals surface area contributed by atoms with Crippen LogP contribution >= 0.6 is 0 Å². The van der Waals surface area contributed by atoms with Crippen LogP contribution in [0.25, 0.3) is 11.1 Å². The van der Waals surface area contributed by atoms with Gasteiger partial charge in [-0.2, -0.15) is 0 Å². The highest BCUT2D eigenvalue weighted by Gasteiger charge is 2.08. The largest absolute Gasteiger partial charge is 0.496 e. The number of benzene rings is 2. The van der Waals surface area contributed by atoms with Crippen LogP contribution in [0.3, 0.4) is 0 Å². The third-order valence-electron chi connectivity index (χ3n) is 3.31. The molecule has 0 bridgehead atoms. The summed E-state index contributed by atoms with van der Waals surface area (Å²) in [6.45, 7) is 5.28. The van der Waals surface area contributed by atoms with Gasteiger partial charge in [0.05, 0.1) is 7.11 Å². The third-order valence-corrected chi connectivity index (χ3v) is 3.31. The molecular weight excluding hydrogens is 234 g/mol. The normalized spacial score (nSPS) is 12.2. The smallest absolute Gasteiger partial charge is 0.126 e. The maximum absolute atomic E-state index is 5.43. The molecule has 1 unspecified atom stereocenters. The van der Waals surface area contributed by atoms with Crippen LogP contribution in [0, 0.1) is 0 Å². The molecule has 0 radical (unpaired) electrons. The Kier molecular flexibility index (Phi) is 4.58. The van der Waals surface area contributed by atoms with Crippen LogP contribution in [0.5, 0.6) is 5.75 Å². The van der Waals surface area contributed by atoms with E-state index in [-0.39, 0.29) is 0 Å². The number of para-hydroxylation sites is 1. The lowest BCUT2D eigenvalue weighted by molar-refractivity contribution is 0.416. The van der Waals surface area contributed by atoms with Crippen LogP contribution in [-0.2, 0) is 0 Å². The summed E-state index contributed by atoms with van der Waals surface area (Å²) in [6, 6.07) is 17.1. The maximum atomic E-state index is 5.43. The minimum absolute atomic E-state index is 0.361. The molecule has 2 rings (SSSR count). The number of hydrogen-bond acceptors (Lipinski definition) is 2. The molecule has 0 spiro atoms. The number of ether oxygens (including phenoxy) is 1. The minimum atomic E-state index is 0.361. The second-order valence-corrected chi connectivity index (χ2v) is 4.61. The van der Waals surface area contributed by atoms with Gasteiger partial charge >= 0.3 is 0 Å². The van der Waals surface area contributed by atoms with Crippen molar-refractivity contribution in [3.8, 4) is 16.9 Å². The third kappa shape index (κ3) is 3.15. The van der Waals surface area contributed by atoms with Crippen molar-refractivity contribution in [3.63, 3.8) is 0 Å². The van der Waals surface area contributed by atoms with E-state index in [0.717, 1.165) is 17.9 Å². The van der Waals surface area contributed by atoms with Gasteiger partial charge < -0.3 is 10.1 Å². The van der Waals surface area contributed by atoms with Crippen LogP contribution < -0.4 is 10.1 Å². The zero-order valence-electron chi connectivity index (χ0n) is 11.8. The topological polar surface area (TPSA) is 21.3 Å². The number of methoxy groups -OCH3 is 1. The highest BCUT2D eigenvalue weighted by Crippen LogP contribution is 2.30. The summed E-state index contributed by atoms with van der Waals surface area (Å²) in [5.74, 6) is 0.913. The van der Waals surface area contributed by atoms with Crippen LogP contribution in [-0.4, -0.2) is 13.7 Å². The van der Waals surface area contributed by atoms with E-state index in [9.17, 15) is 0 Å². The van der Waals surface area contributed by atoms with Gasteiger partial charge in [-0.1, -0.05) is 43.3 Å². The summed E-state index contributed by atoms with van der Waals surface area (Å²) in [5, 5.41) is 3.44. The van der Waals surface area contributed by atoms with Crippen LogP contribution in [0.4, 0.5) is 0 Å². The summed E-state index contributed by atoms with van der Waals surface area (Å²) in [4.78, 5) is 0. The predicted molar refractivity (Wildman–Crippen MR) is 80.5 cm³/mol. The molecule has 1 atom stereocenters. The molecule has 2 aromatic rings. The molecule has 0 amide bonds. The molecular formula is C17H21NO. The van der Waals surface area contributed by atoms with E-state index in [2.05, 4.69) is 49.5 Å². The molecule has 0 heterocycles. The Bertz CT molecular complexity index is 536. The van der Waals surface area contributed by atoms with E-state index in [4.69, 9.17) is 4.74 Å². The molecule has 0 fully saturated rings. The first-order chi connectivity index (χ1) is 9.26. The lowest BCUT2D eigenvalue weighted by Gasteiger charge is -2.15. The molecule has 0 aliphatic heterocycles. The molecule has 1 N–H and O–H groups in total. The molecule has 2 aromatic carbocycles. The number of hydrogen-bond donors (Lipinski definition) is 1. The predicted octanol–water partition coefficient (Wildman–Crippen LogP) is 4.03. The Balaban J connectivity index is 2.37. The number of rotatable bonds is 5. The first-order valence-electron chi connectivity index (χ1n) is 6.73. The van der Waals surface area contributed by atoms with Crippen molar-refractivity contribution in [2.45, 2.75) is 19.9 Å². The Hall–Kier alpha value is -1.80. The van der Waals surface area contributed by atoms with E-state index in [1.807, 2.05) is 18.2 Å². The van der Waals surface area contributed by atoms with Gasteiger partial charge in [-0.25, -0.2) is 0 Å². The fraction of sp³-hybridized carbons (Fsp3) is 0.294. The standard InChI is InChI=1S/C17H21NO/c1-4-18-13(2)14-8-7-9-15(12-14)16-10-5-6-11-17(16)19-3/h5-13,18H,4H2,1-3H3. The van der Waals surface area contributed by atoms with E-state index >= 15 is 0 Å². The van der Waals surface area contributed by atoms with Gasteiger partial charge in [0.1, 0.15) is 5.75 Å². The summed E-state index contributed by atoms with van der Waals surface area (Å²) in [6.07, 6.45) is 0. The highest BCUT2D eigenvalue weighted by molar-refractivity contribution is 5.70. The maximum Gasteiger partial charge on any atom is 0.126 e. The second kappa shape index (κ2) is 6.39. The van der Waals surface area contributed by atoms with Crippen molar-refractivity contribution < 1.29 is 4.74 Å². The van der Waals surface area contributed by atoms with Crippen molar-refractivity contribution in [2.24, 2.45) is 0 Å². The Morgan fingerprint density at radius 3 is 2.63 bits per heavy atom. The average molecular weight is 255 g/mol. The molecule has 2 nitrogen and oxygen atoms in total. The number of nitrogens with one attached hydrogen (secondary N) is 1. The summed E-state index contributed by atoms with van der Waals surface area (Å²) >= 11 is 0. The van der Waals surface area contributed by atoms with Crippen LogP contribution in [0.1, 0.15) is 25.5 Å². The monoisotopic (exact) mass is 255 g/mol. The van der Waals surface area contributed by atoms with Gasteiger partial charge in [-0.05, 0) is 36.7 Å². The van der Waals surface area contributed by atoms with E-state index in [0.29, 0.717) is 6.04 Å². The van der Waals surface area contributed by atoms with Crippen LogP contribution in [0.15, 0.2) is 48.5 Å². The molecule has 2 heteroatoms. The van der Waals surface area contributed by atoms with Crippen molar-refractivity contribution in [1.82, 2.24) is 5.32 Å². The first kappa shape index (κ1) is 13.6. The average Bonchev–Trinajstić information content (AvgIpc) is 2.47. The quantitative estimate of drug-likeness (QED) is 0.871. The molecule has 19 heavy (non-hydrogen) atoms. The molecule has 0 saturated carbocycles. The molecule has 100 valence electrons. The molecule has 0 aromatic heterocycles. The summed E-state index contributed by atoms with van der Waals surface area (Å²) < 4.78 is 5.43. The van der Waals surface area contributed by atoms with Gasteiger partial charge in [0, 0.05) is 11.6 Å². The Labute approximate surface area is 115 Å². The van der Waals surface area contributed by atoms with Gasteiger partial charge in [-0.15, -0.1) is 0 Å².